The third kappa shape index (κ3) is 9.59. The Kier molecular flexibility index (Phi) is 10.8. The van der Waals surface area contributed by atoms with Crippen molar-refractivity contribution in [2.75, 3.05) is 38.5 Å². The highest BCUT2D eigenvalue weighted by Gasteiger charge is 2.10. The van der Waals surface area contributed by atoms with Crippen molar-refractivity contribution in [2.45, 2.75) is 24.7 Å². The van der Waals surface area contributed by atoms with Crippen LogP contribution in [0.5, 0.6) is 0 Å². The molecule has 0 aliphatic carbocycles. The summed E-state index contributed by atoms with van der Waals surface area (Å²) in [6, 6.07) is 13.6. The van der Waals surface area contributed by atoms with Crippen molar-refractivity contribution >= 4 is 29.2 Å². The van der Waals surface area contributed by atoms with Crippen LogP contribution in [0.25, 0.3) is 6.08 Å². The number of thioether (sulfide) groups is 1. The van der Waals surface area contributed by atoms with Crippen molar-refractivity contribution < 1.29 is 10.0 Å². The Hall–Kier alpha value is -2.33. The van der Waals surface area contributed by atoms with Gasteiger partial charge < -0.3 is 15.7 Å². The Morgan fingerprint density at radius 3 is 2.76 bits per heavy atom. The molecule has 178 valence electrons. The Balaban J connectivity index is 1.34. The summed E-state index contributed by atoms with van der Waals surface area (Å²) in [4.78, 5) is 15.5. The van der Waals surface area contributed by atoms with E-state index in [1.165, 1.54) is 35.7 Å². The van der Waals surface area contributed by atoms with Crippen LogP contribution in [-0.4, -0.2) is 53.4 Å². The number of nitrogens with zero attached hydrogens (tertiary/aromatic N) is 2. The van der Waals surface area contributed by atoms with E-state index in [2.05, 4.69) is 39.8 Å². The maximum Gasteiger partial charge on any atom is 0.274 e. The van der Waals surface area contributed by atoms with E-state index in [0.717, 1.165) is 29.8 Å². The van der Waals surface area contributed by atoms with Gasteiger partial charge in [-0.1, -0.05) is 36.4 Å². The van der Waals surface area contributed by atoms with E-state index >= 15 is 0 Å². The van der Waals surface area contributed by atoms with Crippen LogP contribution in [0.15, 0.2) is 60.6 Å². The van der Waals surface area contributed by atoms with Crippen LogP contribution >= 0.6 is 23.1 Å². The molecule has 0 spiro atoms. The van der Waals surface area contributed by atoms with Crippen LogP contribution < -0.4 is 10.6 Å². The van der Waals surface area contributed by atoms with Crippen molar-refractivity contribution in [3.8, 4) is 0 Å². The first-order chi connectivity index (χ1) is 16.1. The van der Waals surface area contributed by atoms with Gasteiger partial charge in [-0.25, -0.2) is 0 Å². The first kappa shape index (κ1) is 25.3. The van der Waals surface area contributed by atoms with Gasteiger partial charge in [0, 0.05) is 40.9 Å². The standard InChI is InChI=1S/C24H32N4O3S2/c29-23(20-7-2-1-3-8-20)17-26-24(18-28(30)31)25-12-16-32-19-22-11-10-21(33-22)9-6-15-27-13-4-5-14-27/h1-3,6-11,18,23,25-26,29H,4-5,12-17,19H2. The second-order valence-corrected chi connectivity index (χ2v) is 10.1. The average Bonchev–Trinajstić information content (AvgIpc) is 3.49. The van der Waals surface area contributed by atoms with Gasteiger partial charge in [0.05, 0.1) is 11.0 Å². The summed E-state index contributed by atoms with van der Waals surface area (Å²) >= 11 is 3.60. The summed E-state index contributed by atoms with van der Waals surface area (Å²) in [6.45, 7) is 4.24. The predicted octanol–water partition coefficient (Wildman–Crippen LogP) is 4.08. The van der Waals surface area contributed by atoms with E-state index in [0.29, 0.717) is 12.4 Å². The minimum Gasteiger partial charge on any atom is -0.387 e. The Morgan fingerprint density at radius 2 is 2.00 bits per heavy atom. The van der Waals surface area contributed by atoms with Crippen molar-refractivity contribution in [1.29, 1.82) is 0 Å². The molecule has 1 saturated heterocycles. The van der Waals surface area contributed by atoms with E-state index in [9.17, 15) is 15.2 Å². The molecule has 33 heavy (non-hydrogen) atoms. The number of nitro groups is 1. The number of hydrogen-bond acceptors (Lipinski definition) is 8. The number of nitrogens with one attached hydrogen (secondary N) is 2. The molecule has 1 aromatic heterocycles. The van der Waals surface area contributed by atoms with E-state index in [1.54, 1.807) is 11.8 Å². The van der Waals surface area contributed by atoms with Crippen LogP contribution in [0.4, 0.5) is 0 Å². The molecule has 2 aromatic rings. The zero-order valence-corrected chi connectivity index (χ0v) is 20.3. The van der Waals surface area contributed by atoms with Crippen LogP contribution in [0.3, 0.4) is 0 Å². The largest absolute Gasteiger partial charge is 0.387 e. The summed E-state index contributed by atoms with van der Waals surface area (Å²) in [7, 11) is 0. The first-order valence-corrected chi connectivity index (χ1v) is 13.2. The number of rotatable bonds is 14. The Labute approximate surface area is 203 Å². The second kappa shape index (κ2) is 14.0. The lowest BCUT2D eigenvalue weighted by molar-refractivity contribution is -0.404. The normalized spacial score (nSPS) is 15.7. The lowest BCUT2D eigenvalue weighted by atomic mass is 10.1. The molecule has 0 radical (unpaired) electrons. The van der Waals surface area contributed by atoms with Crippen molar-refractivity contribution in [3.05, 3.63) is 86.0 Å². The van der Waals surface area contributed by atoms with E-state index in [-0.39, 0.29) is 6.54 Å². The van der Waals surface area contributed by atoms with Gasteiger partial charge in [0.15, 0.2) is 5.82 Å². The zero-order valence-electron chi connectivity index (χ0n) is 18.7. The molecule has 1 fully saturated rings. The maximum atomic E-state index is 10.9. The maximum absolute atomic E-state index is 10.9. The fourth-order valence-corrected chi connectivity index (χ4v) is 5.45. The highest BCUT2D eigenvalue weighted by atomic mass is 32.2. The van der Waals surface area contributed by atoms with Crippen molar-refractivity contribution in [1.82, 2.24) is 15.5 Å². The quantitative estimate of drug-likeness (QED) is 0.210. The summed E-state index contributed by atoms with van der Waals surface area (Å²) in [5.41, 5.74) is 0.766. The minimum atomic E-state index is -0.741. The molecule has 3 rings (SSSR count). The Bertz CT molecular complexity index is 911. The zero-order chi connectivity index (χ0) is 23.3. The molecule has 3 N–H and O–H groups in total. The smallest absolute Gasteiger partial charge is 0.274 e. The molecule has 1 aliphatic heterocycles. The summed E-state index contributed by atoms with van der Waals surface area (Å²) in [6.07, 6.45) is 7.26. The van der Waals surface area contributed by atoms with Gasteiger partial charge in [0.25, 0.3) is 6.20 Å². The molecule has 1 aliphatic rings. The number of thiophene rings is 1. The lowest BCUT2D eigenvalue weighted by Crippen LogP contribution is -2.31. The van der Waals surface area contributed by atoms with Gasteiger partial charge in [-0.2, -0.15) is 11.8 Å². The summed E-state index contributed by atoms with van der Waals surface area (Å²) < 4.78 is 0. The fraction of sp³-hybridized carbons (Fsp3) is 0.417. The monoisotopic (exact) mass is 488 g/mol. The summed E-state index contributed by atoms with van der Waals surface area (Å²) in [5.74, 6) is 2.04. The van der Waals surface area contributed by atoms with Gasteiger partial charge in [-0.3, -0.25) is 15.0 Å². The molecule has 0 saturated carbocycles. The van der Waals surface area contributed by atoms with E-state index < -0.39 is 11.0 Å². The number of hydrogen-bond donors (Lipinski definition) is 3. The van der Waals surface area contributed by atoms with Crippen molar-refractivity contribution in [3.63, 3.8) is 0 Å². The third-order valence-electron chi connectivity index (χ3n) is 5.24. The molecular formula is C24H32N4O3S2. The van der Waals surface area contributed by atoms with Crippen LogP contribution in [0, 0.1) is 10.1 Å². The SMILES string of the molecule is O=[N+]([O-])C=C(NCCSCc1ccc(C=CCN2CCCC2)s1)NCC(O)c1ccccc1. The highest BCUT2D eigenvalue weighted by molar-refractivity contribution is 7.98. The number of aliphatic hydroxyl groups is 1. The topological polar surface area (TPSA) is 90.7 Å². The molecule has 2 heterocycles. The molecule has 1 unspecified atom stereocenters. The van der Waals surface area contributed by atoms with Gasteiger partial charge in [0.2, 0.25) is 0 Å². The number of aliphatic hydroxyl groups excluding tert-OH is 1. The van der Waals surface area contributed by atoms with E-state index in [1.807, 2.05) is 41.7 Å². The lowest BCUT2D eigenvalue weighted by Gasteiger charge is -2.15. The van der Waals surface area contributed by atoms with Gasteiger partial charge >= 0.3 is 0 Å². The minimum absolute atomic E-state index is 0.188. The molecule has 1 atom stereocenters. The Morgan fingerprint density at radius 1 is 1.21 bits per heavy atom. The number of likely N-dealkylation sites (tertiary alicyclic amines) is 1. The van der Waals surface area contributed by atoms with Crippen molar-refractivity contribution in [2.24, 2.45) is 0 Å². The molecule has 1 aromatic carbocycles. The first-order valence-electron chi connectivity index (χ1n) is 11.2. The highest BCUT2D eigenvalue weighted by Crippen LogP contribution is 2.22. The third-order valence-corrected chi connectivity index (χ3v) is 7.48. The molecule has 7 nitrogen and oxygen atoms in total. The van der Waals surface area contributed by atoms with Gasteiger partial charge in [0.1, 0.15) is 0 Å². The summed E-state index contributed by atoms with van der Waals surface area (Å²) in [5, 5.41) is 27.2. The van der Waals surface area contributed by atoms with E-state index in [4.69, 9.17) is 0 Å². The predicted molar refractivity (Wildman–Crippen MR) is 138 cm³/mol. The fourth-order valence-electron chi connectivity index (χ4n) is 3.53. The molecule has 0 bridgehead atoms. The average molecular weight is 489 g/mol. The van der Waals surface area contributed by atoms with Crippen LogP contribution in [0.1, 0.15) is 34.3 Å². The van der Waals surface area contributed by atoms with Crippen LogP contribution in [0.2, 0.25) is 0 Å². The van der Waals surface area contributed by atoms with Crippen LogP contribution in [-0.2, 0) is 5.75 Å². The molecule has 0 amide bonds. The number of benzene rings is 1. The molecule has 9 heteroatoms. The second-order valence-electron chi connectivity index (χ2n) is 7.83. The van der Waals surface area contributed by atoms with Gasteiger partial charge in [-0.15, -0.1) is 11.3 Å². The van der Waals surface area contributed by atoms with Gasteiger partial charge in [-0.05, 0) is 49.7 Å². The molecular weight excluding hydrogens is 456 g/mol.